The lowest BCUT2D eigenvalue weighted by Gasteiger charge is -2.59. The minimum absolute atomic E-state index is 0.124. The molecule has 3 nitrogen and oxygen atoms in total. The highest BCUT2D eigenvalue weighted by Crippen LogP contribution is 2.66. The summed E-state index contributed by atoms with van der Waals surface area (Å²) in [6.45, 7) is 6.95. The van der Waals surface area contributed by atoms with E-state index >= 15 is 0 Å². The zero-order chi connectivity index (χ0) is 19.7. The van der Waals surface area contributed by atoms with Gasteiger partial charge in [-0.3, -0.25) is 9.48 Å². The topological polar surface area (TPSA) is 34.9 Å². The Balaban J connectivity index is 1.47. The van der Waals surface area contributed by atoms with Crippen LogP contribution in [0.5, 0.6) is 0 Å². The molecule has 0 aromatic carbocycles. The summed E-state index contributed by atoms with van der Waals surface area (Å²) in [6, 6.07) is 0. The van der Waals surface area contributed by atoms with Crippen molar-refractivity contribution in [1.82, 2.24) is 9.78 Å². The molecule has 1 heterocycles. The average Bonchev–Trinajstić information content (AvgIpc) is 3.11. The number of nitrogens with zero attached hydrogens (tertiary/aromatic N) is 2. The highest BCUT2D eigenvalue weighted by atomic mass is 16.1. The molecule has 5 rings (SSSR count). The number of allylic oxidation sites excluding steroid dienone is 1. The van der Waals surface area contributed by atoms with E-state index in [0.29, 0.717) is 17.1 Å². The zero-order valence-corrected chi connectivity index (χ0v) is 18.1. The lowest BCUT2D eigenvalue weighted by atomic mass is 9.45. The molecule has 0 N–H and O–H groups in total. The molecule has 4 fully saturated rings. The van der Waals surface area contributed by atoms with Crippen molar-refractivity contribution < 1.29 is 4.79 Å². The smallest absolute Gasteiger partial charge is 0.165 e. The SMILES string of the molecule is Cc1nn(C)cc1/C=C1\CC2C3CCC4CCCCC4(C)C3CCC2(C)C1=O. The van der Waals surface area contributed by atoms with E-state index in [1.54, 1.807) is 0 Å². The molecular formula is C25H36N2O. The van der Waals surface area contributed by atoms with Crippen LogP contribution >= 0.6 is 0 Å². The van der Waals surface area contributed by atoms with E-state index in [4.69, 9.17) is 0 Å². The summed E-state index contributed by atoms with van der Waals surface area (Å²) in [7, 11) is 1.96. The highest BCUT2D eigenvalue weighted by molar-refractivity contribution is 6.06. The summed E-state index contributed by atoms with van der Waals surface area (Å²) in [5.41, 5.74) is 3.63. The minimum atomic E-state index is -0.124. The number of ketones is 1. The van der Waals surface area contributed by atoms with Gasteiger partial charge in [0.25, 0.3) is 0 Å². The van der Waals surface area contributed by atoms with Gasteiger partial charge in [-0.15, -0.1) is 0 Å². The van der Waals surface area contributed by atoms with Crippen LogP contribution in [0.1, 0.15) is 82.9 Å². The van der Waals surface area contributed by atoms with E-state index < -0.39 is 0 Å². The van der Waals surface area contributed by atoms with Crippen LogP contribution in [0.25, 0.3) is 6.08 Å². The van der Waals surface area contributed by atoms with Crippen molar-refractivity contribution in [3.05, 3.63) is 23.0 Å². The Kier molecular flexibility index (Phi) is 4.20. The first kappa shape index (κ1) is 18.6. The molecule has 0 bridgehead atoms. The number of aryl methyl sites for hydroxylation is 2. The molecule has 0 radical (unpaired) electrons. The van der Waals surface area contributed by atoms with Gasteiger partial charge < -0.3 is 0 Å². The number of carbonyl (C=O) groups excluding carboxylic acids is 1. The van der Waals surface area contributed by atoms with Crippen LogP contribution in [-0.4, -0.2) is 15.6 Å². The van der Waals surface area contributed by atoms with Gasteiger partial charge in [0.2, 0.25) is 0 Å². The van der Waals surface area contributed by atoms with E-state index in [1.165, 1.54) is 44.9 Å². The van der Waals surface area contributed by atoms with Gasteiger partial charge >= 0.3 is 0 Å². The van der Waals surface area contributed by atoms with Gasteiger partial charge in [-0.05, 0) is 92.6 Å². The summed E-state index contributed by atoms with van der Waals surface area (Å²) in [6.07, 6.45) is 16.1. The lowest BCUT2D eigenvalue weighted by molar-refractivity contribution is -0.137. The Labute approximate surface area is 170 Å². The first-order chi connectivity index (χ1) is 13.3. The van der Waals surface area contributed by atoms with Crippen LogP contribution in [0.3, 0.4) is 0 Å². The second-order valence-corrected chi connectivity index (χ2v) is 10.9. The number of aromatic nitrogens is 2. The maximum Gasteiger partial charge on any atom is 0.165 e. The highest BCUT2D eigenvalue weighted by Gasteiger charge is 2.60. The van der Waals surface area contributed by atoms with Crippen molar-refractivity contribution in [2.24, 2.45) is 41.5 Å². The van der Waals surface area contributed by atoms with Gasteiger partial charge in [0, 0.05) is 24.2 Å². The Morgan fingerprint density at radius 2 is 1.93 bits per heavy atom. The molecule has 1 aromatic heterocycles. The molecule has 152 valence electrons. The zero-order valence-electron chi connectivity index (χ0n) is 18.1. The van der Waals surface area contributed by atoms with Gasteiger partial charge in [0.05, 0.1) is 5.69 Å². The minimum Gasteiger partial charge on any atom is -0.294 e. The van der Waals surface area contributed by atoms with Crippen molar-refractivity contribution >= 4 is 11.9 Å². The van der Waals surface area contributed by atoms with Crippen molar-refractivity contribution in [3.8, 4) is 0 Å². The normalized spacial score (nSPS) is 44.3. The molecule has 4 aliphatic carbocycles. The third kappa shape index (κ3) is 2.53. The molecule has 6 atom stereocenters. The van der Waals surface area contributed by atoms with E-state index in [0.717, 1.165) is 47.4 Å². The van der Waals surface area contributed by atoms with Crippen molar-refractivity contribution in [1.29, 1.82) is 0 Å². The van der Waals surface area contributed by atoms with Crippen LogP contribution in [0.4, 0.5) is 0 Å². The maximum absolute atomic E-state index is 13.5. The fourth-order valence-corrected chi connectivity index (χ4v) is 8.04. The molecule has 0 spiro atoms. The van der Waals surface area contributed by atoms with Gasteiger partial charge in [0.15, 0.2) is 5.78 Å². The molecule has 4 saturated carbocycles. The first-order valence-electron chi connectivity index (χ1n) is 11.6. The van der Waals surface area contributed by atoms with Gasteiger partial charge in [-0.1, -0.05) is 26.7 Å². The Bertz CT molecular complexity index is 836. The van der Waals surface area contributed by atoms with E-state index in [9.17, 15) is 4.79 Å². The molecule has 1 aromatic rings. The van der Waals surface area contributed by atoms with Crippen LogP contribution < -0.4 is 0 Å². The van der Waals surface area contributed by atoms with Crippen LogP contribution in [0, 0.1) is 41.4 Å². The second kappa shape index (κ2) is 6.31. The second-order valence-electron chi connectivity index (χ2n) is 10.9. The summed E-state index contributed by atoms with van der Waals surface area (Å²) in [5.74, 6) is 3.54. The Hall–Kier alpha value is -1.38. The standard InChI is InChI=1S/C25H36N2O/c1-16-18(15-27(4)26-16)13-17-14-22-20-9-8-19-7-5-6-11-24(19,2)21(20)10-12-25(22,3)23(17)28/h13,15,19-22H,5-12,14H2,1-4H3/b17-13+. The molecule has 0 aliphatic heterocycles. The first-order valence-corrected chi connectivity index (χ1v) is 11.6. The van der Waals surface area contributed by atoms with E-state index in [2.05, 4.69) is 31.2 Å². The van der Waals surface area contributed by atoms with Crippen molar-refractivity contribution in [2.75, 3.05) is 0 Å². The monoisotopic (exact) mass is 380 g/mol. The number of hydrogen-bond acceptors (Lipinski definition) is 2. The van der Waals surface area contributed by atoms with Crippen LogP contribution in [0.2, 0.25) is 0 Å². The van der Waals surface area contributed by atoms with Crippen molar-refractivity contribution in [3.63, 3.8) is 0 Å². The lowest BCUT2D eigenvalue weighted by Crippen LogP contribution is -2.52. The Morgan fingerprint density at radius 3 is 2.68 bits per heavy atom. The van der Waals surface area contributed by atoms with E-state index in [-0.39, 0.29) is 5.41 Å². The number of carbonyl (C=O) groups is 1. The number of rotatable bonds is 1. The molecule has 4 aliphatic rings. The average molecular weight is 381 g/mol. The predicted molar refractivity (Wildman–Crippen MR) is 113 cm³/mol. The van der Waals surface area contributed by atoms with Crippen molar-refractivity contribution in [2.45, 2.75) is 78.6 Å². The summed E-state index contributed by atoms with van der Waals surface area (Å²) in [4.78, 5) is 13.5. The van der Waals surface area contributed by atoms with Crippen LogP contribution in [-0.2, 0) is 11.8 Å². The number of hydrogen-bond donors (Lipinski definition) is 0. The quantitative estimate of drug-likeness (QED) is 0.584. The fraction of sp³-hybridized carbons (Fsp3) is 0.760. The van der Waals surface area contributed by atoms with Crippen LogP contribution in [0.15, 0.2) is 11.8 Å². The predicted octanol–water partition coefficient (Wildman–Crippen LogP) is 5.72. The largest absolute Gasteiger partial charge is 0.294 e. The third-order valence-corrected chi connectivity index (χ3v) is 9.60. The number of fused-ring (bicyclic) bond motifs is 5. The third-order valence-electron chi connectivity index (χ3n) is 9.60. The number of Topliss-reactive ketones (excluding diaryl/α,β-unsaturated/α-hetero) is 1. The molecule has 0 amide bonds. The molecule has 28 heavy (non-hydrogen) atoms. The molecule has 0 saturated heterocycles. The molecule has 3 heteroatoms. The summed E-state index contributed by atoms with van der Waals surface area (Å²) < 4.78 is 1.86. The van der Waals surface area contributed by atoms with Gasteiger partial charge in [0.1, 0.15) is 0 Å². The molecular weight excluding hydrogens is 344 g/mol. The van der Waals surface area contributed by atoms with Gasteiger partial charge in [-0.25, -0.2) is 0 Å². The van der Waals surface area contributed by atoms with E-state index in [1.807, 2.05) is 18.7 Å². The summed E-state index contributed by atoms with van der Waals surface area (Å²) >= 11 is 0. The maximum atomic E-state index is 13.5. The fourth-order valence-electron chi connectivity index (χ4n) is 8.04. The Morgan fingerprint density at radius 1 is 1.11 bits per heavy atom. The summed E-state index contributed by atoms with van der Waals surface area (Å²) in [5, 5.41) is 4.47. The van der Waals surface area contributed by atoms with Gasteiger partial charge in [-0.2, -0.15) is 5.10 Å². The molecule has 6 unspecified atom stereocenters.